The van der Waals surface area contributed by atoms with E-state index in [9.17, 15) is 14.9 Å². The summed E-state index contributed by atoms with van der Waals surface area (Å²) in [6.45, 7) is 3.06. The summed E-state index contributed by atoms with van der Waals surface area (Å²) >= 11 is 0. The van der Waals surface area contributed by atoms with Crippen molar-refractivity contribution in [3.8, 4) is 0 Å². The average Bonchev–Trinajstić information content (AvgIpc) is 2.27. The number of benzene rings is 1. The number of nitro groups is 1. The van der Waals surface area contributed by atoms with Crippen LogP contribution in [0.25, 0.3) is 0 Å². The van der Waals surface area contributed by atoms with Gasteiger partial charge in [0.15, 0.2) is 0 Å². The molecule has 0 spiro atoms. The largest absolute Gasteiger partial charge is 0.300 e. The summed E-state index contributed by atoms with van der Waals surface area (Å²) in [5.74, 6) is -0.00821. The van der Waals surface area contributed by atoms with Gasteiger partial charge in [-0.25, -0.2) is 0 Å². The Balaban J connectivity index is 2.78. The van der Waals surface area contributed by atoms with Crippen molar-refractivity contribution in [1.29, 1.82) is 0 Å². The van der Waals surface area contributed by atoms with Crippen molar-refractivity contribution in [2.75, 3.05) is 0 Å². The molecule has 4 nitrogen and oxygen atoms in total. The highest BCUT2D eigenvalue weighted by molar-refractivity contribution is 5.75. The normalized spacial score (nSPS) is 14.0. The smallest absolute Gasteiger partial charge is 0.223 e. The minimum atomic E-state index is -1.06. The lowest BCUT2D eigenvalue weighted by Gasteiger charge is -2.20. The van der Waals surface area contributed by atoms with Gasteiger partial charge in [-0.05, 0) is 12.5 Å². The number of carbonyl (C=O) groups excluding carboxylic acids is 1. The summed E-state index contributed by atoms with van der Waals surface area (Å²) in [5.41, 5.74) is -0.136. The van der Waals surface area contributed by atoms with Gasteiger partial charge < -0.3 is 4.79 Å². The Labute approximate surface area is 101 Å². The highest BCUT2D eigenvalue weighted by Gasteiger charge is 2.37. The average molecular weight is 235 g/mol. The number of nitrogens with zero attached hydrogens (tertiary/aromatic N) is 1. The third-order valence-corrected chi connectivity index (χ3v) is 2.88. The van der Waals surface area contributed by atoms with E-state index in [4.69, 9.17) is 0 Å². The van der Waals surface area contributed by atoms with Crippen molar-refractivity contribution in [3.63, 3.8) is 0 Å². The number of rotatable bonds is 6. The molecule has 17 heavy (non-hydrogen) atoms. The van der Waals surface area contributed by atoms with Crippen LogP contribution in [0, 0.1) is 10.1 Å². The molecule has 0 bridgehead atoms. The van der Waals surface area contributed by atoms with Crippen LogP contribution in [-0.4, -0.2) is 16.2 Å². The lowest BCUT2D eigenvalue weighted by Crippen LogP contribution is -2.37. The minimum Gasteiger partial charge on any atom is -0.300 e. The van der Waals surface area contributed by atoms with Crippen LogP contribution < -0.4 is 0 Å². The van der Waals surface area contributed by atoms with Gasteiger partial charge in [-0.2, -0.15) is 0 Å². The van der Waals surface area contributed by atoms with Crippen molar-refractivity contribution in [2.45, 2.75) is 38.6 Å². The zero-order valence-electron chi connectivity index (χ0n) is 10.2. The maximum absolute atomic E-state index is 11.1. The molecule has 1 unspecified atom stereocenters. The summed E-state index contributed by atoms with van der Waals surface area (Å²) in [7, 11) is 0. The van der Waals surface area contributed by atoms with Crippen LogP contribution in [0.1, 0.15) is 32.3 Å². The number of ketones is 1. The first-order valence-corrected chi connectivity index (χ1v) is 5.62. The first kappa shape index (κ1) is 13.4. The molecule has 92 valence electrons. The summed E-state index contributed by atoms with van der Waals surface area (Å²) < 4.78 is 0. The molecule has 0 fully saturated rings. The standard InChI is InChI=1S/C13H17NO3/c1-11(15)8-9-13(2,14(16)17)10-12-6-4-3-5-7-12/h3-7H,8-10H2,1-2H3. The van der Waals surface area contributed by atoms with Gasteiger partial charge in [0.05, 0.1) is 0 Å². The molecule has 0 aromatic heterocycles. The summed E-state index contributed by atoms with van der Waals surface area (Å²) in [4.78, 5) is 21.8. The van der Waals surface area contributed by atoms with Crippen molar-refractivity contribution < 1.29 is 9.72 Å². The molecule has 0 saturated carbocycles. The van der Waals surface area contributed by atoms with E-state index in [1.807, 2.05) is 30.3 Å². The highest BCUT2D eigenvalue weighted by atomic mass is 16.6. The Morgan fingerprint density at radius 1 is 1.35 bits per heavy atom. The van der Waals surface area contributed by atoms with E-state index < -0.39 is 5.54 Å². The molecule has 1 aromatic rings. The molecule has 1 aromatic carbocycles. The van der Waals surface area contributed by atoms with Crippen molar-refractivity contribution in [1.82, 2.24) is 0 Å². The monoisotopic (exact) mass is 235 g/mol. The van der Waals surface area contributed by atoms with Gasteiger partial charge in [-0.1, -0.05) is 30.3 Å². The Morgan fingerprint density at radius 3 is 2.41 bits per heavy atom. The van der Waals surface area contributed by atoms with Gasteiger partial charge >= 0.3 is 0 Å². The Bertz CT molecular complexity index is 402. The van der Waals surface area contributed by atoms with E-state index in [0.717, 1.165) is 5.56 Å². The molecule has 0 radical (unpaired) electrons. The van der Waals surface area contributed by atoms with E-state index in [-0.39, 0.29) is 23.5 Å². The van der Waals surface area contributed by atoms with Gasteiger partial charge in [-0.15, -0.1) is 0 Å². The fourth-order valence-electron chi connectivity index (χ4n) is 1.73. The number of hydrogen-bond donors (Lipinski definition) is 0. The van der Waals surface area contributed by atoms with Gasteiger partial charge in [-0.3, -0.25) is 10.1 Å². The fraction of sp³-hybridized carbons (Fsp3) is 0.462. The predicted molar refractivity (Wildman–Crippen MR) is 65.5 cm³/mol. The van der Waals surface area contributed by atoms with Crippen LogP contribution >= 0.6 is 0 Å². The molecule has 0 saturated heterocycles. The van der Waals surface area contributed by atoms with Gasteiger partial charge in [0.1, 0.15) is 5.78 Å². The maximum Gasteiger partial charge on any atom is 0.223 e. The van der Waals surface area contributed by atoms with E-state index in [1.54, 1.807) is 6.92 Å². The molecular weight excluding hydrogens is 218 g/mol. The van der Waals surface area contributed by atoms with Crippen LogP contribution in [0.4, 0.5) is 0 Å². The first-order chi connectivity index (χ1) is 7.94. The predicted octanol–water partition coefficient (Wildman–Crippen LogP) is 2.63. The summed E-state index contributed by atoms with van der Waals surface area (Å²) in [5, 5.41) is 11.1. The molecule has 0 N–H and O–H groups in total. The quantitative estimate of drug-likeness (QED) is 0.562. The molecule has 0 aliphatic rings. The van der Waals surface area contributed by atoms with Crippen LogP contribution in [0.3, 0.4) is 0 Å². The van der Waals surface area contributed by atoms with Crippen molar-refractivity contribution >= 4 is 5.78 Å². The molecule has 0 amide bonds. The van der Waals surface area contributed by atoms with E-state index in [0.29, 0.717) is 6.42 Å². The SMILES string of the molecule is CC(=O)CCC(C)(Cc1ccccc1)[N+](=O)[O-]. The second kappa shape index (κ2) is 5.57. The Hall–Kier alpha value is -1.71. The van der Waals surface area contributed by atoms with Gasteiger partial charge in [0.2, 0.25) is 5.54 Å². The highest BCUT2D eigenvalue weighted by Crippen LogP contribution is 2.22. The lowest BCUT2D eigenvalue weighted by atomic mass is 9.88. The van der Waals surface area contributed by atoms with Crippen molar-refractivity contribution in [2.24, 2.45) is 0 Å². The number of carbonyl (C=O) groups is 1. The fourth-order valence-corrected chi connectivity index (χ4v) is 1.73. The van der Waals surface area contributed by atoms with Crippen LogP contribution in [0.2, 0.25) is 0 Å². The molecule has 0 aliphatic heterocycles. The van der Waals surface area contributed by atoms with Gasteiger partial charge in [0, 0.05) is 31.1 Å². The van der Waals surface area contributed by atoms with Gasteiger partial charge in [0.25, 0.3) is 0 Å². The topological polar surface area (TPSA) is 60.2 Å². The Morgan fingerprint density at radius 2 is 1.94 bits per heavy atom. The summed E-state index contributed by atoms with van der Waals surface area (Å²) in [6, 6.07) is 9.34. The maximum atomic E-state index is 11.1. The molecule has 0 heterocycles. The second-order valence-corrected chi connectivity index (χ2v) is 4.62. The minimum absolute atomic E-state index is 0.00821. The molecule has 4 heteroatoms. The zero-order chi connectivity index (χ0) is 12.9. The zero-order valence-corrected chi connectivity index (χ0v) is 10.2. The lowest BCUT2D eigenvalue weighted by molar-refractivity contribution is -0.566. The molecule has 0 aliphatic carbocycles. The third kappa shape index (κ3) is 3.98. The van der Waals surface area contributed by atoms with Crippen LogP contribution in [0.15, 0.2) is 30.3 Å². The van der Waals surface area contributed by atoms with Crippen molar-refractivity contribution in [3.05, 3.63) is 46.0 Å². The van der Waals surface area contributed by atoms with E-state index >= 15 is 0 Å². The molecule has 1 rings (SSSR count). The van der Waals surface area contributed by atoms with E-state index in [1.165, 1.54) is 6.92 Å². The molecule has 1 atom stereocenters. The summed E-state index contributed by atoms with van der Waals surface area (Å²) in [6.07, 6.45) is 0.892. The van der Waals surface area contributed by atoms with Crippen LogP contribution in [-0.2, 0) is 11.2 Å². The Kier molecular flexibility index (Phi) is 4.37. The first-order valence-electron chi connectivity index (χ1n) is 5.62. The molecular formula is C13H17NO3. The number of hydrogen-bond acceptors (Lipinski definition) is 3. The van der Waals surface area contributed by atoms with E-state index in [2.05, 4.69) is 0 Å². The van der Waals surface area contributed by atoms with Crippen LogP contribution in [0.5, 0.6) is 0 Å². The second-order valence-electron chi connectivity index (χ2n) is 4.62. The number of Topliss-reactive ketones (excluding diaryl/α,β-unsaturated/α-hetero) is 1. The third-order valence-electron chi connectivity index (χ3n) is 2.88.